The number of nitrogens with one attached hydrogen (secondary N) is 1. The van der Waals surface area contributed by atoms with Crippen molar-refractivity contribution in [3.8, 4) is 5.75 Å². The van der Waals surface area contributed by atoms with Crippen molar-refractivity contribution in [3.05, 3.63) is 59.7 Å². The lowest BCUT2D eigenvalue weighted by Crippen LogP contribution is -2.46. The van der Waals surface area contributed by atoms with Crippen LogP contribution in [0, 0.1) is 0 Å². The van der Waals surface area contributed by atoms with E-state index in [4.69, 9.17) is 4.74 Å². The lowest BCUT2D eigenvalue weighted by atomic mass is 10.1. The fraction of sp³-hybridized carbons (Fsp3) is 0.409. The van der Waals surface area contributed by atoms with Crippen LogP contribution >= 0.6 is 0 Å². The summed E-state index contributed by atoms with van der Waals surface area (Å²) in [5.74, 6) is 0.582. The molecule has 2 aromatic rings. The number of rotatable bonds is 7. The van der Waals surface area contributed by atoms with Gasteiger partial charge in [-0.25, -0.2) is 8.42 Å². The molecule has 1 N–H and O–H groups in total. The molecule has 6 nitrogen and oxygen atoms in total. The number of piperidine rings is 1. The number of amides is 1. The Morgan fingerprint density at radius 3 is 2.21 bits per heavy atom. The van der Waals surface area contributed by atoms with Crippen LogP contribution in [-0.2, 0) is 16.4 Å². The van der Waals surface area contributed by atoms with Gasteiger partial charge >= 0.3 is 0 Å². The molecule has 1 heterocycles. The Kier molecular flexibility index (Phi) is 6.92. The Morgan fingerprint density at radius 2 is 1.66 bits per heavy atom. The summed E-state index contributed by atoms with van der Waals surface area (Å²) in [5.41, 5.74) is 1.68. The maximum absolute atomic E-state index is 12.8. The van der Waals surface area contributed by atoms with E-state index in [1.165, 1.54) is 4.31 Å². The Labute approximate surface area is 172 Å². The van der Waals surface area contributed by atoms with Crippen LogP contribution in [-0.4, -0.2) is 44.4 Å². The molecule has 7 heteroatoms. The number of nitrogens with zero attached hydrogens (tertiary/aromatic N) is 1. The second-order valence-corrected chi connectivity index (χ2v) is 9.04. The number of ether oxygens (including phenoxy) is 1. The standard InChI is InChI=1S/C22H28N2O4S/c1-3-17-5-11-21(12-6-17)29(26,27)24-15-13-19(14-16-24)23-22(25)18-7-9-20(10-8-18)28-4-2/h5-12,19H,3-4,13-16H2,1-2H3,(H,23,25). The summed E-state index contributed by atoms with van der Waals surface area (Å²) in [6.45, 7) is 5.32. The molecule has 1 fully saturated rings. The smallest absolute Gasteiger partial charge is 0.251 e. The summed E-state index contributed by atoms with van der Waals surface area (Å²) in [6, 6.07) is 14.0. The molecule has 1 saturated heterocycles. The third-order valence-corrected chi connectivity index (χ3v) is 7.10. The molecule has 156 valence electrons. The van der Waals surface area contributed by atoms with E-state index < -0.39 is 10.0 Å². The van der Waals surface area contributed by atoms with Gasteiger partial charge < -0.3 is 10.1 Å². The normalized spacial score (nSPS) is 15.8. The van der Waals surface area contributed by atoms with E-state index in [9.17, 15) is 13.2 Å². The van der Waals surface area contributed by atoms with Gasteiger partial charge in [0, 0.05) is 24.7 Å². The maximum atomic E-state index is 12.8. The fourth-order valence-corrected chi connectivity index (χ4v) is 4.89. The average molecular weight is 417 g/mol. The zero-order valence-corrected chi connectivity index (χ0v) is 17.7. The summed E-state index contributed by atoms with van der Waals surface area (Å²) in [7, 11) is -3.49. The molecule has 0 spiro atoms. The molecule has 2 aromatic carbocycles. The molecule has 0 aliphatic carbocycles. The highest BCUT2D eigenvalue weighted by Gasteiger charge is 2.30. The van der Waals surface area contributed by atoms with Gasteiger partial charge in [0.05, 0.1) is 11.5 Å². The third-order valence-electron chi connectivity index (χ3n) is 5.19. The van der Waals surface area contributed by atoms with Crippen molar-refractivity contribution in [1.82, 2.24) is 9.62 Å². The lowest BCUT2D eigenvalue weighted by molar-refractivity contribution is 0.0924. The quantitative estimate of drug-likeness (QED) is 0.752. The van der Waals surface area contributed by atoms with Gasteiger partial charge in [0.2, 0.25) is 10.0 Å². The lowest BCUT2D eigenvalue weighted by Gasteiger charge is -2.31. The van der Waals surface area contributed by atoms with Crippen molar-refractivity contribution in [3.63, 3.8) is 0 Å². The molecule has 1 aliphatic heterocycles. The number of benzene rings is 2. The summed E-state index contributed by atoms with van der Waals surface area (Å²) in [5, 5.41) is 3.01. The molecule has 3 rings (SSSR count). The number of carbonyl (C=O) groups is 1. The first-order valence-corrected chi connectivity index (χ1v) is 11.5. The topological polar surface area (TPSA) is 75.7 Å². The molecule has 0 aromatic heterocycles. The van der Waals surface area contributed by atoms with Crippen molar-refractivity contribution >= 4 is 15.9 Å². The van der Waals surface area contributed by atoms with Gasteiger partial charge in [-0.15, -0.1) is 0 Å². The molecule has 0 saturated carbocycles. The van der Waals surface area contributed by atoms with Crippen LogP contribution in [0.2, 0.25) is 0 Å². The van der Waals surface area contributed by atoms with E-state index in [0.29, 0.717) is 43.0 Å². The zero-order valence-electron chi connectivity index (χ0n) is 16.9. The Morgan fingerprint density at radius 1 is 1.03 bits per heavy atom. The summed E-state index contributed by atoms with van der Waals surface area (Å²) >= 11 is 0. The van der Waals surface area contributed by atoms with Crippen molar-refractivity contribution in [2.75, 3.05) is 19.7 Å². The number of hydrogen-bond acceptors (Lipinski definition) is 4. The van der Waals surface area contributed by atoms with E-state index in [-0.39, 0.29) is 11.9 Å². The minimum atomic E-state index is -3.49. The predicted octanol–water partition coefficient (Wildman–Crippen LogP) is 3.23. The zero-order chi connectivity index (χ0) is 20.9. The fourth-order valence-electron chi connectivity index (χ4n) is 3.42. The Bertz CT molecular complexity index is 916. The van der Waals surface area contributed by atoms with Gasteiger partial charge in [-0.2, -0.15) is 4.31 Å². The molecule has 29 heavy (non-hydrogen) atoms. The molecule has 0 radical (unpaired) electrons. The molecular weight excluding hydrogens is 388 g/mol. The van der Waals surface area contributed by atoms with E-state index in [0.717, 1.165) is 17.7 Å². The largest absolute Gasteiger partial charge is 0.494 e. The third kappa shape index (κ3) is 5.16. The van der Waals surface area contributed by atoms with Gasteiger partial charge in [0.1, 0.15) is 5.75 Å². The number of carbonyl (C=O) groups excluding carboxylic acids is 1. The summed E-state index contributed by atoms with van der Waals surface area (Å²) in [4.78, 5) is 12.8. The van der Waals surface area contributed by atoms with Crippen molar-refractivity contribution in [1.29, 1.82) is 0 Å². The molecule has 1 aliphatic rings. The molecule has 0 atom stereocenters. The Hall–Kier alpha value is -2.38. The molecule has 0 unspecified atom stereocenters. The van der Waals surface area contributed by atoms with Gasteiger partial charge in [0.15, 0.2) is 0 Å². The predicted molar refractivity (Wildman–Crippen MR) is 113 cm³/mol. The maximum Gasteiger partial charge on any atom is 0.251 e. The minimum absolute atomic E-state index is 0.0389. The van der Waals surface area contributed by atoms with Crippen molar-refractivity contribution in [2.24, 2.45) is 0 Å². The van der Waals surface area contributed by atoms with Crippen LogP contribution in [0.4, 0.5) is 0 Å². The monoisotopic (exact) mass is 416 g/mol. The first-order valence-electron chi connectivity index (χ1n) is 10.1. The van der Waals surface area contributed by atoms with Crippen LogP contribution in [0.15, 0.2) is 53.4 Å². The van der Waals surface area contributed by atoms with E-state index in [2.05, 4.69) is 5.32 Å². The van der Waals surface area contributed by atoms with Crippen LogP contribution in [0.1, 0.15) is 42.6 Å². The highest BCUT2D eigenvalue weighted by molar-refractivity contribution is 7.89. The van der Waals surface area contributed by atoms with Gasteiger partial charge in [-0.3, -0.25) is 4.79 Å². The van der Waals surface area contributed by atoms with E-state index in [1.54, 1.807) is 36.4 Å². The van der Waals surface area contributed by atoms with Gasteiger partial charge in [0.25, 0.3) is 5.91 Å². The Balaban J connectivity index is 1.56. The first-order chi connectivity index (χ1) is 13.9. The minimum Gasteiger partial charge on any atom is -0.494 e. The number of aryl methyl sites for hydroxylation is 1. The van der Waals surface area contributed by atoms with Crippen LogP contribution in [0.25, 0.3) is 0 Å². The highest BCUT2D eigenvalue weighted by atomic mass is 32.2. The van der Waals surface area contributed by atoms with Gasteiger partial charge in [-0.1, -0.05) is 19.1 Å². The van der Waals surface area contributed by atoms with E-state index in [1.807, 2.05) is 26.0 Å². The van der Waals surface area contributed by atoms with Crippen molar-refractivity contribution < 1.29 is 17.9 Å². The van der Waals surface area contributed by atoms with Crippen LogP contribution < -0.4 is 10.1 Å². The molecule has 0 bridgehead atoms. The molecule has 1 amide bonds. The van der Waals surface area contributed by atoms with Gasteiger partial charge in [-0.05, 0) is 68.1 Å². The summed E-state index contributed by atoms with van der Waals surface area (Å²) < 4.78 is 32.6. The SMILES string of the molecule is CCOc1ccc(C(=O)NC2CCN(S(=O)(=O)c3ccc(CC)cc3)CC2)cc1. The highest BCUT2D eigenvalue weighted by Crippen LogP contribution is 2.22. The second kappa shape index (κ2) is 9.41. The second-order valence-electron chi connectivity index (χ2n) is 7.11. The van der Waals surface area contributed by atoms with E-state index >= 15 is 0 Å². The van der Waals surface area contributed by atoms with Crippen molar-refractivity contribution in [2.45, 2.75) is 44.0 Å². The first kappa shape index (κ1) is 21.3. The van der Waals surface area contributed by atoms with Crippen LogP contribution in [0.3, 0.4) is 0 Å². The number of hydrogen-bond donors (Lipinski definition) is 1. The summed E-state index contributed by atoms with van der Waals surface area (Å²) in [6.07, 6.45) is 2.06. The number of sulfonamides is 1. The average Bonchev–Trinajstić information content (AvgIpc) is 2.75. The molecular formula is C22H28N2O4S. The van der Waals surface area contributed by atoms with Crippen LogP contribution in [0.5, 0.6) is 5.75 Å².